The molecule has 7 atom stereocenters. The van der Waals surface area contributed by atoms with Crippen LogP contribution >= 0.6 is 0 Å². The summed E-state index contributed by atoms with van der Waals surface area (Å²) in [6.45, 7) is 0.321. The highest BCUT2D eigenvalue weighted by Gasteiger charge is 2.77. The van der Waals surface area contributed by atoms with Crippen LogP contribution in [-0.4, -0.2) is 94.2 Å². The molecule has 7 unspecified atom stereocenters. The number of ether oxygens (including phenoxy) is 3. The smallest absolute Gasteiger partial charge is 0.327 e. The second kappa shape index (κ2) is 15.2. The van der Waals surface area contributed by atoms with Gasteiger partial charge in [0.05, 0.1) is 13.2 Å². The number of likely N-dealkylation sites (tertiary alicyclic amines) is 1. The van der Waals surface area contributed by atoms with Crippen LogP contribution in [0.4, 0.5) is 0 Å². The fraction of sp³-hybridized carbons (Fsp3) is 0.356. The van der Waals surface area contributed by atoms with Gasteiger partial charge in [0.2, 0.25) is 17.6 Å². The molecule has 1 saturated carbocycles. The summed E-state index contributed by atoms with van der Waals surface area (Å²) in [6, 6.07) is 32.3. The third-order valence-corrected chi connectivity index (χ3v) is 12.0. The maximum absolute atomic E-state index is 15.4. The van der Waals surface area contributed by atoms with Crippen LogP contribution in [0.1, 0.15) is 47.1 Å². The van der Waals surface area contributed by atoms with Crippen molar-refractivity contribution in [3.63, 3.8) is 0 Å². The van der Waals surface area contributed by atoms with Crippen molar-refractivity contribution in [3.05, 3.63) is 143 Å². The van der Waals surface area contributed by atoms with Crippen LogP contribution in [0.15, 0.2) is 115 Å². The summed E-state index contributed by atoms with van der Waals surface area (Å²) in [5.41, 5.74) is 2.57. The summed E-state index contributed by atoms with van der Waals surface area (Å²) in [5, 5.41) is 23.9. The number of carbonyl (C=O) groups is 3. The number of amides is 2. The van der Waals surface area contributed by atoms with Crippen molar-refractivity contribution in [1.29, 1.82) is 0 Å². The second-order valence-corrected chi connectivity index (χ2v) is 15.4. The van der Waals surface area contributed by atoms with E-state index in [4.69, 9.17) is 19.0 Å². The minimum atomic E-state index is -1.47. The monoisotopic (exact) mass is 771 g/mol. The second-order valence-electron chi connectivity index (χ2n) is 15.4. The fourth-order valence-corrected chi connectivity index (χ4v) is 9.50. The van der Waals surface area contributed by atoms with Gasteiger partial charge in [-0.05, 0) is 42.0 Å². The SMILES string of the molecule is O=C(NCCO)C1CCCN1C(=O)C12CC3OC(=O)C1N(Cc1cccc(C=CCc4ccccc4O)c1)OC2C1OC(c2ccccc2)(c2ccccc2)OC31. The lowest BCUT2D eigenvalue weighted by Gasteiger charge is -2.50. The Morgan fingerprint density at radius 1 is 0.895 bits per heavy atom. The molecule has 2 bridgehead atoms. The van der Waals surface area contributed by atoms with Gasteiger partial charge < -0.3 is 34.6 Å². The van der Waals surface area contributed by atoms with Crippen LogP contribution in [0.2, 0.25) is 0 Å². The van der Waals surface area contributed by atoms with E-state index in [0.717, 1.165) is 27.8 Å². The molecule has 0 spiro atoms. The largest absolute Gasteiger partial charge is 0.508 e. The zero-order valence-corrected chi connectivity index (χ0v) is 31.3. The van der Waals surface area contributed by atoms with E-state index in [-0.39, 0.29) is 43.7 Å². The minimum Gasteiger partial charge on any atom is -0.508 e. The number of fused-ring (bicyclic) bond motifs is 4. The van der Waals surface area contributed by atoms with Gasteiger partial charge in [-0.25, -0.2) is 0 Å². The van der Waals surface area contributed by atoms with Crippen LogP contribution < -0.4 is 5.32 Å². The number of aromatic hydroxyl groups is 1. The molecule has 4 aromatic carbocycles. The van der Waals surface area contributed by atoms with E-state index >= 15 is 4.79 Å². The van der Waals surface area contributed by atoms with Crippen LogP contribution in [0.5, 0.6) is 5.75 Å². The molecule has 1 aliphatic carbocycles. The number of benzene rings is 4. The zero-order valence-electron chi connectivity index (χ0n) is 31.3. The van der Waals surface area contributed by atoms with Gasteiger partial charge in [-0.3, -0.25) is 19.2 Å². The first-order valence-electron chi connectivity index (χ1n) is 19.6. The quantitative estimate of drug-likeness (QED) is 0.190. The summed E-state index contributed by atoms with van der Waals surface area (Å²) in [5.74, 6) is -2.46. The van der Waals surface area contributed by atoms with Crippen molar-refractivity contribution in [3.8, 4) is 5.75 Å². The number of nitrogens with zero attached hydrogens (tertiary/aromatic N) is 2. The molecule has 0 aromatic heterocycles. The lowest BCUT2D eigenvalue weighted by atomic mass is 9.62. The maximum Gasteiger partial charge on any atom is 0.327 e. The number of carbonyl (C=O) groups excluding carboxylic acids is 3. The average molecular weight is 772 g/mol. The molecule has 4 aliphatic heterocycles. The minimum absolute atomic E-state index is 0.0675. The molecular formula is C45H45N3O9. The van der Waals surface area contributed by atoms with E-state index in [0.29, 0.717) is 25.8 Å². The number of phenolic OH excluding ortho intramolecular Hbond substituents is 1. The van der Waals surface area contributed by atoms with Gasteiger partial charge in [-0.2, -0.15) is 5.06 Å². The first-order valence-corrected chi connectivity index (χ1v) is 19.6. The number of hydrogen-bond donors (Lipinski definition) is 3. The molecule has 5 fully saturated rings. The van der Waals surface area contributed by atoms with E-state index in [1.807, 2.05) is 109 Å². The van der Waals surface area contributed by atoms with Gasteiger partial charge in [0, 0.05) is 30.6 Å². The number of rotatable bonds is 11. The van der Waals surface area contributed by atoms with Gasteiger partial charge in [-0.15, -0.1) is 0 Å². The highest BCUT2D eigenvalue weighted by molar-refractivity contribution is 5.96. The molecule has 4 aromatic rings. The number of hydrogen-bond acceptors (Lipinski definition) is 10. The van der Waals surface area contributed by atoms with Crippen molar-refractivity contribution in [2.75, 3.05) is 19.7 Å². The normalized spacial score (nSPS) is 28.6. The van der Waals surface area contributed by atoms with Gasteiger partial charge >= 0.3 is 5.97 Å². The third kappa shape index (κ3) is 6.41. The molecule has 4 heterocycles. The molecule has 2 amide bonds. The predicted molar refractivity (Wildman–Crippen MR) is 207 cm³/mol. The number of para-hydroxylation sites is 1. The number of hydroxylamine groups is 2. The molecular weight excluding hydrogens is 727 g/mol. The molecule has 4 saturated heterocycles. The van der Waals surface area contributed by atoms with Gasteiger partial charge in [0.15, 0.2) is 6.04 Å². The molecule has 9 rings (SSSR count). The Balaban J connectivity index is 1.09. The van der Waals surface area contributed by atoms with Crippen LogP contribution in [0, 0.1) is 5.41 Å². The van der Waals surface area contributed by atoms with Crippen LogP contribution in [0.3, 0.4) is 0 Å². The highest BCUT2D eigenvalue weighted by atomic mass is 16.8. The van der Waals surface area contributed by atoms with Gasteiger partial charge in [0.25, 0.3) is 0 Å². The Morgan fingerprint density at radius 2 is 1.61 bits per heavy atom. The Kier molecular flexibility index (Phi) is 9.91. The van der Waals surface area contributed by atoms with Crippen molar-refractivity contribution >= 4 is 23.9 Å². The zero-order chi connectivity index (χ0) is 39.1. The van der Waals surface area contributed by atoms with Crippen molar-refractivity contribution < 1.29 is 43.6 Å². The number of aliphatic hydroxyl groups excluding tert-OH is 1. The molecule has 5 aliphatic rings. The fourth-order valence-electron chi connectivity index (χ4n) is 9.50. The summed E-state index contributed by atoms with van der Waals surface area (Å²) in [4.78, 5) is 51.7. The lowest BCUT2D eigenvalue weighted by Crippen LogP contribution is -2.70. The average Bonchev–Trinajstić information content (AvgIpc) is 3.98. The Labute approximate surface area is 330 Å². The molecule has 57 heavy (non-hydrogen) atoms. The molecule has 12 nitrogen and oxygen atoms in total. The van der Waals surface area contributed by atoms with E-state index in [2.05, 4.69) is 5.32 Å². The highest BCUT2D eigenvalue weighted by Crippen LogP contribution is 2.60. The first kappa shape index (κ1) is 37.2. The lowest BCUT2D eigenvalue weighted by molar-refractivity contribution is -0.214. The van der Waals surface area contributed by atoms with Crippen LogP contribution in [0.25, 0.3) is 6.08 Å². The van der Waals surface area contributed by atoms with Crippen LogP contribution in [-0.2, 0) is 52.2 Å². The topological polar surface area (TPSA) is 147 Å². The number of nitrogens with one attached hydrogen (secondary N) is 1. The van der Waals surface area contributed by atoms with Crippen molar-refractivity contribution in [1.82, 2.24) is 15.3 Å². The van der Waals surface area contributed by atoms with E-state index in [1.165, 1.54) is 0 Å². The standard InChI is InChI=1S/C45H45N3O9/c49-25-23-46-41(51)34-21-11-24-47(34)43(53)44-27-36-37-38(56-45(55-37,32-17-3-1-4-18-32)33-19-5-2-6-20-33)40(44)57-48(39(44)42(52)54-36)28-30-14-9-12-29(26-30)13-10-16-31-15-7-8-22-35(31)50/h1-10,12-15,17-20,22,26,34,36-40,49-50H,11,16,21,23-25,27-28H2,(H,46,51). The number of aliphatic hydroxyl groups is 1. The van der Waals surface area contributed by atoms with Crippen molar-refractivity contribution in [2.45, 2.75) is 74.5 Å². The third-order valence-electron chi connectivity index (χ3n) is 12.0. The Bertz CT molecular complexity index is 2130. The molecule has 12 heteroatoms. The molecule has 294 valence electrons. The number of allylic oxidation sites excluding steroid dienone is 1. The maximum atomic E-state index is 15.4. The van der Waals surface area contributed by atoms with E-state index in [9.17, 15) is 19.8 Å². The van der Waals surface area contributed by atoms with Crippen molar-refractivity contribution in [2.24, 2.45) is 5.41 Å². The summed E-state index contributed by atoms with van der Waals surface area (Å²) in [7, 11) is 0. The van der Waals surface area contributed by atoms with Gasteiger partial charge in [-0.1, -0.05) is 115 Å². The van der Waals surface area contributed by atoms with E-state index in [1.54, 1.807) is 22.1 Å². The predicted octanol–water partition coefficient (Wildman–Crippen LogP) is 4.23. The summed E-state index contributed by atoms with van der Waals surface area (Å²) in [6.07, 6.45) is 2.24. The van der Waals surface area contributed by atoms with E-state index < -0.39 is 53.7 Å². The molecule has 0 radical (unpaired) electrons. The number of esters is 1. The Hall–Kier alpha value is -5.37. The van der Waals surface area contributed by atoms with Gasteiger partial charge in [0.1, 0.15) is 41.6 Å². The molecule has 3 N–H and O–H groups in total. The summed E-state index contributed by atoms with van der Waals surface area (Å²) >= 11 is 0. The number of phenols is 1. The summed E-state index contributed by atoms with van der Waals surface area (Å²) < 4.78 is 20.4. The Morgan fingerprint density at radius 3 is 2.35 bits per heavy atom. The first-order chi connectivity index (χ1) is 27.8.